The van der Waals surface area contributed by atoms with Crippen LogP contribution in [0.3, 0.4) is 0 Å². The summed E-state index contributed by atoms with van der Waals surface area (Å²) in [6, 6.07) is 7.38. The van der Waals surface area contributed by atoms with Crippen molar-refractivity contribution in [3.63, 3.8) is 0 Å². The second-order valence-electron chi connectivity index (χ2n) is 10.4. The van der Waals surface area contributed by atoms with Crippen LogP contribution in [-0.2, 0) is 28.1 Å². The van der Waals surface area contributed by atoms with E-state index < -0.39 is 43.8 Å². The highest BCUT2D eigenvalue weighted by molar-refractivity contribution is 7.52. The van der Waals surface area contributed by atoms with E-state index in [2.05, 4.69) is 20.0 Å². The minimum absolute atomic E-state index is 0.0313. The van der Waals surface area contributed by atoms with Gasteiger partial charge in [-0.25, -0.2) is 9.55 Å². The van der Waals surface area contributed by atoms with Gasteiger partial charge in [-0.3, -0.25) is 13.9 Å². The molecule has 1 unspecified atom stereocenters. The summed E-state index contributed by atoms with van der Waals surface area (Å²) < 4.78 is 49.9. The number of nitrogens with two attached hydrogens (primary N) is 1. The van der Waals surface area contributed by atoms with Gasteiger partial charge in [-0.05, 0) is 25.5 Å². The molecule has 2 aliphatic rings. The average molecular weight is 621 g/mol. The third-order valence-electron chi connectivity index (χ3n) is 7.37. The van der Waals surface area contributed by atoms with Gasteiger partial charge in [-0.15, -0.1) is 0 Å². The first-order valence-electron chi connectivity index (χ1n) is 14.1. The highest BCUT2D eigenvalue weighted by Gasteiger charge is 2.62. The molecule has 4 N–H and O–H groups in total. The van der Waals surface area contributed by atoms with Crippen LogP contribution < -0.4 is 20.1 Å². The fourth-order valence-electron chi connectivity index (χ4n) is 5.06. The Morgan fingerprint density at radius 3 is 2.74 bits per heavy atom. The van der Waals surface area contributed by atoms with E-state index >= 15 is 0 Å². The lowest BCUT2D eigenvalue weighted by Gasteiger charge is -2.44. The number of esters is 1. The number of carbonyl (C=O) groups excluding carboxylic acids is 1. The molecule has 0 radical (unpaired) electrons. The summed E-state index contributed by atoms with van der Waals surface area (Å²) >= 11 is 0. The number of carbonyl (C=O) groups is 1. The predicted octanol–water partition coefficient (Wildman–Crippen LogP) is 2.75. The van der Waals surface area contributed by atoms with Crippen molar-refractivity contribution in [3.05, 3.63) is 36.7 Å². The number of benzene rings is 1. The number of ether oxygens (including phenoxy) is 4. The minimum atomic E-state index is -4.20. The van der Waals surface area contributed by atoms with Crippen LogP contribution in [-0.4, -0.2) is 81.4 Å². The van der Waals surface area contributed by atoms with Crippen LogP contribution in [0.5, 0.6) is 11.6 Å². The normalized spacial score (nSPS) is 25.3. The second-order valence-corrected chi connectivity index (χ2v) is 12.1. The Morgan fingerprint density at radius 1 is 1.30 bits per heavy atom. The van der Waals surface area contributed by atoms with Gasteiger partial charge in [0.05, 0.1) is 33.3 Å². The molecule has 1 aromatic carbocycles. The molecule has 5 rings (SSSR count). The monoisotopic (exact) mass is 620 g/mol. The summed E-state index contributed by atoms with van der Waals surface area (Å²) in [5, 5.41) is 14.0. The SMILES string of the molecule is CCCCCOC(=O)[C@H](C)NP(=O)(OC[C@H]1O[C@@H](n2cnc3c(OC)nc(N)nc32)[C@@]2(CCO2)[C@@H]1O)Oc1ccccc1. The van der Waals surface area contributed by atoms with Crippen molar-refractivity contribution in [3.8, 4) is 11.6 Å². The van der Waals surface area contributed by atoms with E-state index in [1.54, 1.807) is 34.9 Å². The maximum absolute atomic E-state index is 14.0. The molecule has 0 amide bonds. The van der Waals surface area contributed by atoms with E-state index in [0.717, 1.165) is 19.3 Å². The number of nitrogens with zero attached hydrogens (tertiary/aromatic N) is 4. The summed E-state index contributed by atoms with van der Waals surface area (Å²) in [4.78, 5) is 25.3. The number of unbranched alkanes of at least 4 members (excludes halogenated alkanes) is 2. The highest BCUT2D eigenvalue weighted by Crippen LogP contribution is 2.51. The molecule has 234 valence electrons. The van der Waals surface area contributed by atoms with E-state index in [1.165, 1.54) is 20.4 Å². The maximum Gasteiger partial charge on any atom is 0.459 e. The number of anilines is 1. The Balaban J connectivity index is 1.34. The molecule has 6 atom stereocenters. The van der Waals surface area contributed by atoms with Gasteiger partial charge in [0, 0.05) is 6.42 Å². The zero-order valence-electron chi connectivity index (χ0n) is 24.2. The summed E-state index contributed by atoms with van der Waals surface area (Å²) in [6.45, 7) is 3.83. The number of nitrogens with one attached hydrogen (secondary N) is 1. The smallest absolute Gasteiger partial charge is 0.459 e. The number of nitrogen functional groups attached to an aromatic ring is 1. The quantitative estimate of drug-likeness (QED) is 0.135. The Labute approximate surface area is 248 Å². The molecule has 2 aliphatic heterocycles. The predicted molar refractivity (Wildman–Crippen MR) is 153 cm³/mol. The third-order valence-corrected chi connectivity index (χ3v) is 9.01. The van der Waals surface area contributed by atoms with E-state index in [4.69, 9.17) is 33.7 Å². The van der Waals surface area contributed by atoms with Crippen LogP contribution in [0, 0.1) is 0 Å². The lowest BCUT2D eigenvalue weighted by atomic mass is 9.86. The van der Waals surface area contributed by atoms with Gasteiger partial charge >= 0.3 is 13.7 Å². The van der Waals surface area contributed by atoms with Gasteiger partial charge < -0.3 is 34.3 Å². The van der Waals surface area contributed by atoms with Crippen molar-refractivity contribution in [1.29, 1.82) is 0 Å². The fourth-order valence-corrected chi connectivity index (χ4v) is 6.56. The summed E-state index contributed by atoms with van der Waals surface area (Å²) in [5.41, 5.74) is 5.41. The molecule has 15 nitrogen and oxygen atoms in total. The lowest BCUT2D eigenvalue weighted by molar-refractivity contribution is -0.225. The van der Waals surface area contributed by atoms with Crippen molar-refractivity contribution in [2.45, 2.75) is 69.6 Å². The van der Waals surface area contributed by atoms with Crippen molar-refractivity contribution in [2.75, 3.05) is 32.7 Å². The zero-order valence-corrected chi connectivity index (χ0v) is 25.1. The van der Waals surface area contributed by atoms with Gasteiger partial charge in [0.1, 0.15) is 29.6 Å². The molecule has 16 heteroatoms. The molecule has 3 aromatic rings. The van der Waals surface area contributed by atoms with E-state index in [-0.39, 0.29) is 30.8 Å². The second kappa shape index (κ2) is 13.1. The first-order valence-corrected chi connectivity index (χ1v) is 15.7. The number of hydrogen-bond donors (Lipinski definition) is 3. The number of aromatic nitrogens is 4. The van der Waals surface area contributed by atoms with E-state index in [0.29, 0.717) is 24.2 Å². The summed E-state index contributed by atoms with van der Waals surface area (Å²) in [7, 11) is -2.76. The fraction of sp³-hybridized carbons (Fsp3) is 0.556. The molecule has 2 fully saturated rings. The number of hydrogen-bond acceptors (Lipinski definition) is 13. The summed E-state index contributed by atoms with van der Waals surface area (Å²) in [5.74, 6) is -0.190. The molecule has 0 bridgehead atoms. The number of imidazole rings is 1. The standard InChI is InChI=1S/C27H37N6O9P/c1-4-5-9-13-38-24(35)17(2)32-43(36,42-18-10-7-6-8-11-18)40-15-19-21(34)27(12-14-39-27)25(41-19)33-16-29-20-22(33)30-26(28)31-23(20)37-3/h6-8,10-11,16-17,19,21,25,34H,4-5,9,12-15H2,1-3H3,(H,32,36)(H2,28,30,31)/t17-,19+,21+,25+,27+,43?/m0/s1. The largest absolute Gasteiger partial charge is 0.479 e. The van der Waals surface area contributed by atoms with Gasteiger partial charge in [-0.2, -0.15) is 15.1 Å². The topological polar surface area (TPSA) is 191 Å². The Bertz CT molecular complexity index is 1450. The van der Waals surface area contributed by atoms with E-state index in [9.17, 15) is 14.5 Å². The lowest BCUT2D eigenvalue weighted by Crippen LogP contribution is -2.56. The molecule has 2 aromatic heterocycles. The maximum atomic E-state index is 14.0. The summed E-state index contributed by atoms with van der Waals surface area (Å²) in [6.07, 6.45) is 1.50. The van der Waals surface area contributed by atoms with Gasteiger partial charge in [0.25, 0.3) is 0 Å². The molecule has 43 heavy (non-hydrogen) atoms. The van der Waals surface area contributed by atoms with Crippen LogP contribution in [0.2, 0.25) is 0 Å². The Hall–Kier alpha value is -3.33. The first-order chi connectivity index (χ1) is 20.7. The van der Waals surface area contributed by atoms with Crippen LogP contribution >= 0.6 is 7.75 Å². The molecule has 0 saturated carbocycles. The molecule has 2 saturated heterocycles. The van der Waals surface area contributed by atoms with Gasteiger partial charge in [0.2, 0.25) is 11.8 Å². The van der Waals surface area contributed by atoms with Crippen LogP contribution in [0.4, 0.5) is 5.95 Å². The van der Waals surface area contributed by atoms with Crippen molar-refractivity contribution < 1.29 is 42.5 Å². The molecular weight excluding hydrogens is 583 g/mol. The van der Waals surface area contributed by atoms with Crippen molar-refractivity contribution in [2.24, 2.45) is 0 Å². The van der Waals surface area contributed by atoms with Crippen LogP contribution in [0.1, 0.15) is 45.8 Å². The Morgan fingerprint density at radius 2 is 2.07 bits per heavy atom. The number of aliphatic hydroxyl groups is 1. The number of fused-ring (bicyclic) bond motifs is 1. The first kappa shape index (κ1) is 31.1. The highest BCUT2D eigenvalue weighted by atomic mass is 31.2. The van der Waals surface area contributed by atoms with Gasteiger partial charge in [-0.1, -0.05) is 38.0 Å². The minimum Gasteiger partial charge on any atom is -0.479 e. The number of para-hydroxylation sites is 1. The number of aliphatic hydroxyl groups excluding tert-OH is 1. The number of rotatable bonds is 14. The zero-order chi connectivity index (χ0) is 30.6. The molecule has 4 heterocycles. The van der Waals surface area contributed by atoms with Crippen molar-refractivity contribution in [1.82, 2.24) is 24.6 Å². The van der Waals surface area contributed by atoms with Gasteiger partial charge in [0.15, 0.2) is 17.4 Å². The molecule has 0 aliphatic carbocycles. The van der Waals surface area contributed by atoms with E-state index in [1.807, 2.05) is 6.92 Å². The van der Waals surface area contributed by atoms with Crippen molar-refractivity contribution >= 4 is 30.8 Å². The molecular formula is C27H37N6O9P. The average Bonchev–Trinajstić information content (AvgIpc) is 3.52. The third kappa shape index (κ3) is 6.47. The molecule has 1 spiro atoms. The Kier molecular flexibility index (Phi) is 9.49. The van der Waals surface area contributed by atoms with Crippen LogP contribution in [0.25, 0.3) is 11.2 Å². The van der Waals surface area contributed by atoms with Crippen LogP contribution in [0.15, 0.2) is 36.7 Å². The number of methoxy groups -OCH3 is 1.